The number of nitrogens with one attached hydrogen (secondary N) is 1. The first-order chi connectivity index (χ1) is 10.1. The highest BCUT2D eigenvalue weighted by Gasteiger charge is 2.31. The fraction of sp³-hybridized carbons (Fsp3) is 0.188. The Morgan fingerprint density at radius 2 is 1.86 bits per heavy atom. The highest BCUT2D eigenvalue weighted by molar-refractivity contribution is 5.66. The van der Waals surface area contributed by atoms with E-state index in [1.165, 1.54) is 19.2 Å². The van der Waals surface area contributed by atoms with Gasteiger partial charge >= 0.3 is 0 Å². The van der Waals surface area contributed by atoms with Crippen molar-refractivity contribution in [3.8, 4) is 11.8 Å². The van der Waals surface area contributed by atoms with Gasteiger partial charge in [0, 0.05) is 5.56 Å². The molecule has 21 heavy (non-hydrogen) atoms. The number of benzene rings is 2. The fourth-order valence-electron chi connectivity index (χ4n) is 1.96. The van der Waals surface area contributed by atoms with Crippen LogP contribution in [-0.4, -0.2) is 13.7 Å². The molecular weight excluding hydrogens is 274 g/mol. The molecule has 0 aliphatic rings. The summed E-state index contributed by atoms with van der Waals surface area (Å²) in [6, 6.07) is 14.3. The molecule has 0 aliphatic carbocycles. The molecular formula is C16H14F2N2O. The normalized spacial score (nSPS) is 10.8. The molecule has 5 heteroatoms. The lowest BCUT2D eigenvalue weighted by Gasteiger charge is -2.19. The van der Waals surface area contributed by atoms with Crippen molar-refractivity contribution in [2.75, 3.05) is 19.0 Å². The molecule has 2 rings (SSSR count). The Labute approximate surface area is 121 Å². The number of alkyl halides is 2. The molecule has 0 aliphatic heterocycles. The van der Waals surface area contributed by atoms with Gasteiger partial charge in [0.15, 0.2) is 0 Å². The third-order valence-electron chi connectivity index (χ3n) is 3.05. The van der Waals surface area contributed by atoms with Crippen LogP contribution in [0.15, 0.2) is 48.5 Å². The Kier molecular flexibility index (Phi) is 4.39. The third-order valence-corrected chi connectivity index (χ3v) is 3.05. The largest absolute Gasteiger partial charge is 0.495 e. The van der Waals surface area contributed by atoms with Gasteiger partial charge in [-0.05, 0) is 12.1 Å². The van der Waals surface area contributed by atoms with Crippen LogP contribution in [0.5, 0.6) is 5.75 Å². The Morgan fingerprint density at radius 3 is 2.48 bits per heavy atom. The molecule has 0 spiro atoms. The fourth-order valence-corrected chi connectivity index (χ4v) is 1.96. The predicted molar refractivity (Wildman–Crippen MR) is 76.5 cm³/mol. The number of hydrogen-bond acceptors (Lipinski definition) is 3. The molecule has 1 N–H and O–H groups in total. The van der Waals surface area contributed by atoms with Gasteiger partial charge in [-0.2, -0.15) is 14.0 Å². The second-order valence-corrected chi connectivity index (χ2v) is 4.42. The van der Waals surface area contributed by atoms with Gasteiger partial charge in [-0.15, -0.1) is 0 Å². The molecule has 0 heterocycles. The summed E-state index contributed by atoms with van der Waals surface area (Å²) in [6.07, 6.45) is 0. The Morgan fingerprint density at radius 1 is 1.14 bits per heavy atom. The Bertz CT molecular complexity index is 651. The number of halogens is 2. The highest BCUT2D eigenvalue weighted by atomic mass is 19.3. The standard InChI is InChI=1S/C16H14F2N2O/c1-21-14-9-5-6-12(10-19)15(14)20-11-16(17,18)13-7-3-2-4-8-13/h2-9,20H,11H2,1H3. The van der Waals surface area contributed by atoms with E-state index in [4.69, 9.17) is 10.00 Å². The minimum absolute atomic E-state index is 0.0779. The number of nitrogens with zero attached hydrogens (tertiary/aromatic N) is 1. The Balaban J connectivity index is 2.22. The summed E-state index contributed by atoms with van der Waals surface area (Å²) in [5.41, 5.74) is 0.460. The summed E-state index contributed by atoms with van der Waals surface area (Å²) in [5.74, 6) is -2.69. The van der Waals surface area contributed by atoms with Gasteiger partial charge in [0.25, 0.3) is 5.92 Å². The van der Waals surface area contributed by atoms with Crippen molar-refractivity contribution in [1.82, 2.24) is 0 Å². The molecule has 0 saturated carbocycles. The van der Waals surface area contributed by atoms with Gasteiger partial charge in [-0.3, -0.25) is 0 Å². The zero-order valence-electron chi connectivity index (χ0n) is 11.4. The maximum atomic E-state index is 14.1. The minimum Gasteiger partial charge on any atom is -0.495 e. The molecule has 0 bridgehead atoms. The second kappa shape index (κ2) is 6.23. The van der Waals surface area contributed by atoms with Crippen molar-refractivity contribution in [3.63, 3.8) is 0 Å². The van der Waals surface area contributed by atoms with Crippen molar-refractivity contribution < 1.29 is 13.5 Å². The highest BCUT2D eigenvalue weighted by Crippen LogP contribution is 2.32. The van der Waals surface area contributed by atoms with Gasteiger partial charge in [0.2, 0.25) is 0 Å². The zero-order chi connectivity index (χ0) is 15.3. The average Bonchev–Trinajstić information content (AvgIpc) is 2.53. The molecule has 0 unspecified atom stereocenters. The van der Waals surface area contributed by atoms with E-state index in [1.807, 2.05) is 6.07 Å². The van der Waals surface area contributed by atoms with Crippen molar-refractivity contribution in [3.05, 3.63) is 59.7 Å². The van der Waals surface area contributed by atoms with Crippen LogP contribution >= 0.6 is 0 Å². The van der Waals surface area contributed by atoms with E-state index in [-0.39, 0.29) is 16.8 Å². The van der Waals surface area contributed by atoms with E-state index in [2.05, 4.69) is 5.32 Å². The molecule has 0 radical (unpaired) electrons. The number of para-hydroxylation sites is 1. The van der Waals surface area contributed by atoms with E-state index in [0.29, 0.717) is 5.75 Å². The number of rotatable bonds is 5. The lowest BCUT2D eigenvalue weighted by molar-refractivity contribution is 0.0106. The minimum atomic E-state index is -3.05. The molecule has 0 atom stereocenters. The topological polar surface area (TPSA) is 45.0 Å². The van der Waals surface area contributed by atoms with Crippen molar-refractivity contribution in [1.29, 1.82) is 5.26 Å². The van der Waals surface area contributed by atoms with Gasteiger partial charge in [0.1, 0.15) is 11.8 Å². The molecule has 2 aromatic rings. The van der Waals surface area contributed by atoms with Crippen molar-refractivity contribution in [2.24, 2.45) is 0 Å². The summed E-state index contributed by atoms with van der Waals surface area (Å²) < 4.78 is 33.4. The predicted octanol–water partition coefficient (Wildman–Crippen LogP) is 3.77. The van der Waals surface area contributed by atoms with E-state index in [9.17, 15) is 8.78 Å². The first kappa shape index (κ1) is 14.8. The molecule has 2 aromatic carbocycles. The molecule has 0 amide bonds. The Hall–Kier alpha value is -2.61. The van der Waals surface area contributed by atoms with Crippen LogP contribution in [0.4, 0.5) is 14.5 Å². The average molecular weight is 288 g/mol. The lowest BCUT2D eigenvalue weighted by Crippen LogP contribution is -2.25. The maximum Gasteiger partial charge on any atom is 0.290 e. The summed E-state index contributed by atoms with van der Waals surface area (Å²) in [5, 5.41) is 11.7. The van der Waals surface area contributed by atoms with Crippen LogP contribution < -0.4 is 10.1 Å². The van der Waals surface area contributed by atoms with E-state index in [1.54, 1.807) is 36.4 Å². The van der Waals surface area contributed by atoms with Crippen LogP contribution in [0, 0.1) is 11.3 Å². The van der Waals surface area contributed by atoms with Gasteiger partial charge in [0.05, 0.1) is 24.9 Å². The first-order valence-corrected chi connectivity index (χ1v) is 6.33. The molecule has 0 saturated heterocycles. The SMILES string of the molecule is COc1cccc(C#N)c1NCC(F)(F)c1ccccc1. The van der Waals surface area contributed by atoms with Crippen LogP contribution in [0.2, 0.25) is 0 Å². The van der Waals surface area contributed by atoms with E-state index >= 15 is 0 Å². The number of ether oxygens (including phenoxy) is 1. The molecule has 108 valence electrons. The quantitative estimate of drug-likeness (QED) is 0.911. The number of anilines is 1. The second-order valence-electron chi connectivity index (χ2n) is 4.42. The van der Waals surface area contributed by atoms with E-state index in [0.717, 1.165) is 0 Å². The molecule has 0 fully saturated rings. The summed E-state index contributed by atoms with van der Waals surface area (Å²) >= 11 is 0. The lowest BCUT2D eigenvalue weighted by atomic mass is 10.1. The van der Waals surface area contributed by atoms with Crippen LogP contribution in [0.1, 0.15) is 11.1 Å². The van der Waals surface area contributed by atoms with Gasteiger partial charge in [-0.25, -0.2) is 0 Å². The summed E-state index contributed by atoms with van der Waals surface area (Å²) in [6.45, 7) is -0.619. The van der Waals surface area contributed by atoms with E-state index < -0.39 is 12.5 Å². The third kappa shape index (κ3) is 3.29. The summed E-state index contributed by atoms with van der Waals surface area (Å²) in [7, 11) is 1.43. The smallest absolute Gasteiger partial charge is 0.290 e. The van der Waals surface area contributed by atoms with Crippen molar-refractivity contribution >= 4 is 5.69 Å². The molecule has 3 nitrogen and oxygen atoms in total. The zero-order valence-corrected chi connectivity index (χ0v) is 11.4. The van der Waals surface area contributed by atoms with Gasteiger partial charge < -0.3 is 10.1 Å². The first-order valence-electron chi connectivity index (χ1n) is 6.33. The summed E-state index contributed by atoms with van der Waals surface area (Å²) in [4.78, 5) is 0. The monoisotopic (exact) mass is 288 g/mol. The maximum absolute atomic E-state index is 14.1. The molecule has 0 aromatic heterocycles. The van der Waals surface area contributed by atoms with Crippen LogP contribution in [0.25, 0.3) is 0 Å². The van der Waals surface area contributed by atoms with Crippen LogP contribution in [-0.2, 0) is 5.92 Å². The number of nitriles is 1. The number of hydrogen-bond donors (Lipinski definition) is 1. The van der Waals surface area contributed by atoms with Crippen molar-refractivity contribution in [2.45, 2.75) is 5.92 Å². The van der Waals surface area contributed by atoms with Gasteiger partial charge in [-0.1, -0.05) is 36.4 Å². The van der Waals surface area contributed by atoms with Crippen LogP contribution in [0.3, 0.4) is 0 Å². The number of methoxy groups -OCH3 is 1.